The van der Waals surface area contributed by atoms with Crippen LogP contribution in [-0.4, -0.2) is 59.7 Å². The second-order valence-electron chi connectivity index (χ2n) is 7.18. The molecule has 0 atom stereocenters. The fourth-order valence-electron chi connectivity index (χ4n) is 3.53. The Kier molecular flexibility index (Phi) is 7.43. The molecule has 0 amide bonds. The molecule has 1 aromatic carbocycles. The van der Waals surface area contributed by atoms with Gasteiger partial charge in [0.25, 0.3) is 0 Å². The molecule has 0 aliphatic carbocycles. The number of hydrogen-bond donors (Lipinski definition) is 1. The quantitative estimate of drug-likeness (QED) is 0.438. The molecule has 0 spiro atoms. The molecular formula is C21H30F2N6. The fraction of sp³-hybridized carbons (Fsp3) is 0.524. The number of aryl methyl sites for hydroxylation is 2. The van der Waals surface area contributed by atoms with Crippen LogP contribution >= 0.6 is 0 Å². The number of nitrogens with one attached hydrogen (secondary N) is 1. The molecule has 29 heavy (non-hydrogen) atoms. The van der Waals surface area contributed by atoms with Gasteiger partial charge < -0.3 is 19.7 Å². The minimum absolute atomic E-state index is 0.335. The van der Waals surface area contributed by atoms with E-state index in [1.165, 1.54) is 12.1 Å². The van der Waals surface area contributed by atoms with E-state index < -0.39 is 5.82 Å². The van der Waals surface area contributed by atoms with Crippen molar-refractivity contribution in [2.75, 3.05) is 44.2 Å². The molecule has 0 unspecified atom stereocenters. The average molecular weight is 405 g/mol. The number of imidazole rings is 1. The highest BCUT2D eigenvalue weighted by atomic mass is 19.1. The number of unbranched alkanes of at least 4 members (excludes halogenated alkanes) is 1. The van der Waals surface area contributed by atoms with Crippen LogP contribution in [0.3, 0.4) is 0 Å². The zero-order valence-corrected chi connectivity index (χ0v) is 17.2. The van der Waals surface area contributed by atoms with Gasteiger partial charge in [-0.05, 0) is 38.8 Å². The monoisotopic (exact) mass is 404 g/mol. The summed E-state index contributed by atoms with van der Waals surface area (Å²) in [5, 5.41) is 3.35. The summed E-state index contributed by atoms with van der Waals surface area (Å²) < 4.78 is 29.7. The summed E-state index contributed by atoms with van der Waals surface area (Å²) in [5.41, 5.74) is 0.335. The van der Waals surface area contributed by atoms with E-state index in [9.17, 15) is 8.78 Å². The Morgan fingerprint density at radius 3 is 2.66 bits per heavy atom. The highest BCUT2D eigenvalue weighted by Gasteiger charge is 2.22. The van der Waals surface area contributed by atoms with Crippen molar-refractivity contribution in [2.24, 2.45) is 4.99 Å². The highest BCUT2D eigenvalue weighted by Crippen LogP contribution is 2.22. The second-order valence-corrected chi connectivity index (χ2v) is 7.18. The topological polar surface area (TPSA) is 48.7 Å². The number of piperazine rings is 1. The number of aliphatic imine (C=N–C) groups is 1. The number of nitrogens with zero attached hydrogens (tertiary/aromatic N) is 5. The van der Waals surface area contributed by atoms with E-state index in [1.54, 1.807) is 0 Å². The summed E-state index contributed by atoms with van der Waals surface area (Å²) in [7, 11) is 0. The standard InChI is InChI=1S/C21H30F2N6/c1-3-24-21(26-8-4-5-10-27-11-9-25-17(27)2)29-14-12-28(13-15-29)20-16-18(22)6-7-19(20)23/h6-7,9,11,16H,3-5,8,10,12-15H2,1-2H3,(H,24,26). The van der Waals surface area contributed by atoms with E-state index in [4.69, 9.17) is 4.99 Å². The van der Waals surface area contributed by atoms with Crippen molar-refractivity contribution >= 4 is 11.6 Å². The Balaban J connectivity index is 1.50. The summed E-state index contributed by atoms with van der Waals surface area (Å²) in [4.78, 5) is 13.1. The Bertz CT molecular complexity index is 811. The maximum absolute atomic E-state index is 14.0. The number of benzene rings is 1. The number of aromatic nitrogens is 2. The number of anilines is 1. The number of guanidine groups is 1. The van der Waals surface area contributed by atoms with Crippen LogP contribution in [0, 0.1) is 18.6 Å². The van der Waals surface area contributed by atoms with E-state index in [2.05, 4.69) is 26.7 Å². The molecule has 2 heterocycles. The molecule has 1 aliphatic rings. The lowest BCUT2D eigenvalue weighted by Gasteiger charge is -2.37. The van der Waals surface area contributed by atoms with Gasteiger partial charge >= 0.3 is 0 Å². The maximum Gasteiger partial charge on any atom is 0.194 e. The van der Waals surface area contributed by atoms with Gasteiger partial charge in [-0.2, -0.15) is 0 Å². The van der Waals surface area contributed by atoms with Gasteiger partial charge in [0.05, 0.1) is 5.69 Å². The molecule has 6 nitrogen and oxygen atoms in total. The zero-order chi connectivity index (χ0) is 20.6. The van der Waals surface area contributed by atoms with Crippen LogP contribution < -0.4 is 10.2 Å². The predicted octanol–water partition coefficient (Wildman–Crippen LogP) is 3.04. The lowest BCUT2D eigenvalue weighted by atomic mass is 10.2. The van der Waals surface area contributed by atoms with E-state index in [-0.39, 0.29) is 5.82 Å². The molecule has 0 saturated carbocycles. The Labute approximate surface area is 171 Å². The molecule has 1 N–H and O–H groups in total. The minimum atomic E-state index is -0.412. The van der Waals surface area contributed by atoms with Gasteiger partial charge in [-0.3, -0.25) is 4.99 Å². The van der Waals surface area contributed by atoms with Gasteiger partial charge in [0, 0.05) is 64.3 Å². The van der Waals surface area contributed by atoms with Gasteiger partial charge in [0.15, 0.2) is 5.96 Å². The van der Waals surface area contributed by atoms with Crippen LogP contribution in [0.15, 0.2) is 35.6 Å². The predicted molar refractivity (Wildman–Crippen MR) is 112 cm³/mol. The largest absolute Gasteiger partial charge is 0.366 e. The third-order valence-corrected chi connectivity index (χ3v) is 5.16. The molecule has 158 valence electrons. The van der Waals surface area contributed by atoms with Gasteiger partial charge in [-0.1, -0.05) is 0 Å². The third-order valence-electron chi connectivity index (χ3n) is 5.16. The number of hydrogen-bond acceptors (Lipinski definition) is 3. The van der Waals surface area contributed by atoms with Crippen LogP contribution in [0.1, 0.15) is 25.6 Å². The van der Waals surface area contributed by atoms with Crippen molar-refractivity contribution in [3.63, 3.8) is 0 Å². The van der Waals surface area contributed by atoms with Crippen molar-refractivity contribution in [2.45, 2.75) is 33.2 Å². The Hall–Kier alpha value is -2.64. The molecule has 8 heteroatoms. The molecule has 1 fully saturated rings. The van der Waals surface area contributed by atoms with E-state index in [0.29, 0.717) is 18.8 Å². The summed E-state index contributed by atoms with van der Waals surface area (Å²) in [6.45, 7) is 9.27. The first-order chi connectivity index (χ1) is 14.1. The van der Waals surface area contributed by atoms with Gasteiger partial charge in [-0.25, -0.2) is 13.8 Å². The lowest BCUT2D eigenvalue weighted by Crippen LogP contribution is -2.52. The first-order valence-corrected chi connectivity index (χ1v) is 10.3. The molecular weight excluding hydrogens is 374 g/mol. The van der Waals surface area contributed by atoms with Crippen molar-refractivity contribution in [3.8, 4) is 0 Å². The fourth-order valence-corrected chi connectivity index (χ4v) is 3.53. The zero-order valence-electron chi connectivity index (χ0n) is 17.2. The molecule has 1 aromatic heterocycles. The summed E-state index contributed by atoms with van der Waals surface area (Å²) >= 11 is 0. The molecule has 1 saturated heterocycles. The van der Waals surface area contributed by atoms with Crippen LogP contribution in [0.2, 0.25) is 0 Å². The van der Waals surface area contributed by atoms with E-state index in [1.807, 2.05) is 24.2 Å². The molecule has 2 aromatic rings. The summed E-state index contributed by atoms with van der Waals surface area (Å²) in [6.07, 6.45) is 5.88. The van der Waals surface area contributed by atoms with E-state index >= 15 is 0 Å². The average Bonchev–Trinajstić information content (AvgIpc) is 3.14. The summed E-state index contributed by atoms with van der Waals surface area (Å²) in [6, 6.07) is 3.61. The van der Waals surface area contributed by atoms with Gasteiger partial charge in [0.1, 0.15) is 17.5 Å². The normalized spacial score (nSPS) is 15.1. The third kappa shape index (κ3) is 5.68. The highest BCUT2D eigenvalue weighted by molar-refractivity contribution is 5.80. The lowest BCUT2D eigenvalue weighted by molar-refractivity contribution is 0.370. The Morgan fingerprint density at radius 1 is 1.17 bits per heavy atom. The maximum atomic E-state index is 14.0. The van der Waals surface area contributed by atoms with Crippen LogP contribution in [0.25, 0.3) is 0 Å². The van der Waals surface area contributed by atoms with Crippen molar-refractivity contribution in [1.29, 1.82) is 0 Å². The van der Waals surface area contributed by atoms with Crippen LogP contribution in [-0.2, 0) is 6.54 Å². The van der Waals surface area contributed by atoms with Crippen molar-refractivity contribution < 1.29 is 8.78 Å². The molecule has 1 aliphatic heterocycles. The van der Waals surface area contributed by atoms with Gasteiger partial charge in [0.2, 0.25) is 0 Å². The molecule has 0 radical (unpaired) electrons. The van der Waals surface area contributed by atoms with Crippen LogP contribution in [0.5, 0.6) is 0 Å². The van der Waals surface area contributed by atoms with Crippen molar-refractivity contribution in [3.05, 3.63) is 48.1 Å². The smallest absolute Gasteiger partial charge is 0.194 e. The van der Waals surface area contributed by atoms with Crippen LogP contribution in [0.4, 0.5) is 14.5 Å². The summed E-state index contributed by atoms with van der Waals surface area (Å²) in [5.74, 6) is 1.14. The first-order valence-electron chi connectivity index (χ1n) is 10.3. The molecule has 0 bridgehead atoms. The van der Waals surface area contributed by atoms with E-state index in [0.717, 1.165) is 63.4 Å². The second kappa shape index (κ2) is 10.2. The number of rotatable bonds is 7. The SMILES string of the molecule is CCNC(=NCCCCn1ccnc1C)N1CCN(c2cc(F)ccc2F)CC1. The van der Waals surface area contributed by atoms with Gasteiger partial charge in [-0.15, -0.1) is 0 Å². The first kappa shape index (κ1) is 21.1. The molecule has 3 rings (SSSR count). The Morgan fingerprint density at radius 2 is 1.97 bits per heavy atom. The minimum Gasteiger partial charge on any atom is -0.366 e. The van der Waals surface area contributed by atoms with Crippen molar-refractivity contribution in [1.82, 2.24) is 19.8 Å². The number of halogens is 2.